The maximum atomic E-state index is 12.7. The van der Waals surface area contributed by atoms with Crippen molar-refractivity contribution in [3.8, 4) is 0 Å². The van der Waals surface area contributed by atoms with Crippen molar-refractivity contribution in [2.45, 2.75) is 238 Å². The molecule has 0 rings (SSSR count). The average molecular weight is 827 g/mol. The van der Waals surface area contributed by atoms with Crippen molar-refractivity contribution in [1.29, 1.82) is 0 Å². The molecule has 0 aliphatic heterocycles. The first-order chi connectivity index (χ1) is 28.4. The number of methoxy groups -OCH3 is 1. The van der Waals surface area contributed by atoms with Crippen LogP contribution in [0.25, 0.3) is 0 Å². The van der Waals surface area contributed by atoms with Gasteiger partial charge in [0.2, 0.25) is 0 Å². The molecule has 0 amide bonds. The predicted molar refractivity (Wildman–Crippen MR) is 234 cm³/mol. The van der Waals surface area contributed by atoms with Crippen LogP contribution < -0.4 is 0 Å². The Hall–Kier alpha value is -2.20. The lowest BCUT2D eigenvalue weighted by molar-refractivity contribution is -0.167. The van der Waals surface area contributed by atoms with E-state index in [1.165, 1.54) is 154 Å². The van der Waals surface area contributed by atoms with Crippen molar-refractivity contribution in [2.24, 2.45) is 0 Å². The molecule has 0 spiro atoms. The zero-order valence-corrected chi connectivity index (χ0v) is 37.9. The van der Waals surface area contributed by atoms with E-state index >= 15 is 0 Å². The van der Waals surface area contributed by atoms with E-state index in [9.17, 15) is 19.2 Å². The van der Waals surface area contributed by atoms with Crippen molar-refractivity contribution in [3.63, 3.8) is 0 Å². The van der Waals surface area contributed by atoms with Crippen LogP contribution in [-0.4, -0.2) is 76.7 Å². The summed E-state index contributed by atoms with van der Waals surface area (Å²) in [5.74, 6) is -1.91. The van der Waals surface area contributed by atoms with Gasteiger partial charge in [-0.3, -0.25) is 19.2 Å². The normalized spacial score (nSPS) is 11.7. The van der Waals surface area contributed by atoms with Crippen LogP contribution in [0, 0.1) is 0 Å². The van der Waals surface area contributed by atoms with Gasteiger partial charge in [-0.15, -0.1) is 0 Å². The van der Waals surface area contributed by atoms with E-state index in [1.807, 2.05) is 0 Å². The molecule has 0 fully saturated rings. The van der Waals surface area contributed by atoms with Crippen LogP contribution in [0.1, 0.15) is 232 Å². The highest BCUT2D eigenvalue weighted by atomic mass is 16.6. The Labute approximate surface area is 355 Å². The first-order valence-electron chi connectivity index (χ1n) is 24.2. The number of carbonyl (C=O) groups is 4. The molecule has 1 atom stereocenters. The smallest absolute Gasteiger partial charge is 0.306 e. The van der Waals surface area contributed by atoms with Gasteiger partial charge in [-0.05, 0) is 12.8 Å². The SMILES string of the molecule is CCCCCCCCCCCCCCCCCC(=O)OCC(COC(=O)CCC(=O)OCCOCCOC)OC(=O)CCCCCCCCCCCCCCCCC. The summed E-state index contributed by atoms with van der Waals surface area (Å²) in [5, 5.41) is 0. The Balaban J connectivity index is 4.35. The highest BCUT2D eigenvalue weighted by Crippen LogP contribution is 2.16. The Bertz CT molecular complexity index is 926. The quantitative estimate of drug-likeness (QED) is 0.0333. The summed E-state index contributed by atoms with van der Waals surface area (Å²) < 4.78 is 31.6. The van der Waals surface area contributed by atoms with Gasteiger partial charge in [0.1, 0.15) is 19.8 Å². The van der Waals surface area contributed by atoms with Crippen LogP contribution >= 0.6 is 0 Å². The fraction of sp³-hybridized carbons (Fsp3) is 0.917. The molecule has 1 unspecified atom stereocenters. The summed E-state index contributed by atoms with van der Waals surface area (Å²) >= 11 is 0. The van der Waals surface area contributed by atoms with E-state index in [0.29, 0.717) is 19.6 Å². The van der Waals surface area contributed by atoms with Crippen molar-refractivity contribution in [2.75, 3.05) is 46.8 Å². The molecule has 58 heavy (non-hydrogen) atoms. The molecule has 0 saturated heterocycles. The minimum Gasteiger partial charge on any atom is -0.463 e. The Kier molecular flexibility index (Phi) is 44.1. The van der Waals surface area contributed by atoms with Crippen LogP contribution in [0.15, 0.2) is 0 Å². The molecule has 342 valence electrons. The van der Waals surface area contributed by atoms with Gasteiger partial charge in [-0.25, -0.2) is 0 Å². The number of rotatable bonds is 46. The lowest BCUT2D eigenvalue weighted by atomic mass is 10.0. The third kappa shape index (κ3) is 43.4. The second-order valence-corrected chi connectivity index (χ2v) is 16.2. The highest BCUT2D eigenvalue weighted by molar-refractivity contribution is 5.77. The molecule has 0 aromatic rings. The second kappa shape index (κ2) is 45.9. The number of hydrogen-bond acceptors (Lipinski definition) is 10. The van der Waals surface area contributed by atoms with Gasteiger partial charge in [-0.2, -0.15) is 0 Å². The minimum absolute atomic E-state index is 0.0831. The van der Waals surface area contributed by atoms with E-state index in [4.69, 9.17) is 28.4 Å². The first kappa shape index (κ1) is 55.8. The molecule has 0 saturated carbocycles. The number of carbonyl (C=O) groups excluding carboxylic acids is 4. The number of esters is 4. The van der Waals surface area contributed by atoms with Crippen LogP contribution in [0.5, 0.6) is 0 Å². The molecule has 0 bridgehead atoms. The van der Waals surface area contributed by atoms with Crippen molar-refractivity contribution in [1.82, 2.24) is 0 Å². The Morgan fingerprint density at radius 1 is 0.345 bits per heavy atom. The summed E-state index contributed by atoms with van der Waals surface area (Å²) in [6.07, 6.45) is 36.8. The van der Waals surface area contributed by atoms with E-state index < -0.39 is 24.0 Å². The van der Waals surface area contributed by atoms with Gasteiger partial charge in [-0.1, -0.05) is 194 Å². The lowest BCUT2D eigenvalue weighted by Gasteiger charge is -2.18. The molecule has 0 heterocycles. The van der Waals surface area contributed by atoms with Gasteiger partial charge in [0, 0.05) is 20.0 Å². The second-order valence-electron chi connectivity index (χ2n) is 16.2. The first-order valence-corrected chi connectivity index (χ1v) is 24.2. The fourth-order valence-electron chi connectivity index (χ4n) is 6.89. The van der Waals surface area contributed by atoms with Gasteiger partial charge in [0.15, 0.2) is 6.10 Å². The zero-order valence-electron chi connectivity index (χ0n) is 37.9. The van der Waals surface area contributed by atoms with Gasteiger partial charge < -0.3 is 28.4 Å². The Morgan fingerprint density at radius 2 is 0.655 bits per heavy atom. The van der Waals surface area contributed by atoms with Crippen molar-refractivity contribution < 1.29 is 47.6 Å². The lowest BCUT2D eigenvalue weighted by Crippen LogP contribution is -2.31. The topological polar surface area (TPSA) is 124 Å². The summed E-state index contributed by atoms with van der Waals surface area (Å²) in [7, 11) is 1.58. The molecule has 10 nitrogen and oxygen atoms in total. The standard InChI is InChI=1S/C48H90O10/c1-4-6-8-10-12-14-16-18-20-22-24-26-28-30-32-34-45(49)56-42-44(43-57-47(51)37-36-46(50)55-41-40-54-39-38-53-3)58-48(52)35-33-31-29-27-25-23-21-19-17-15-13-11-9-7-5-2/h44H,4-43H2,1-3H3. The maximum Gasteiger partial charge on any atom is 0.306 e. The summed E-state index contributed by atoms with van der Waals surface area (Å²) in [4.78, 5) is 49.7. The van der Waals surface area contributed by atoms with E-state index in [1.54, 1.807) is 7.11 Å². The van der Waals surface area contributed by atoms with Gasteiger partial charge >= 0.3 is 23.9 Å². The third-order valence-electron chi connectivity index (χ3n) is 10.6. The molecule has 0 aromatic carbocycles. The van der Waals surface area contributed by atoms with Crippen molar-refractivity contribution >= 4 is 23.9 Å². The fourth-order valence-corrected chi connectivity index (χ4v) is 6.89. The van der Waals surface area contributed by atoms with E-state index in [-0.39, 0.29) is 51.7 Å². The van der Waals surface area contributed by atoms with Crippen molar-refractivity contribution in [3.05, 3.63) is 0 Å². The van der Waals surface area contributed by atoms with E-state index in [2.05, 4.69) is 13.8 Å². The largest absolute Gasteiger partial charge is 0.463 e. The highest BCUT2D eigenvalue weighted by Gasteiger charge is 2.20. The summed E-state index contributed by atoms with van der Waals surface area (Å²) in [6.45, 7) is 5.27. The molecule has 0 aliphatic rings. The monoisotopic (exact) mass is 827 g/mol. The molecule has 0 radical (unpaired) electrons. The molecule has 0 N–H and O–H groups in total. The molecule has 0 aliphatic carbocycles. The van der Waals surface area contributed by atoms with Crippen LogP contribution in [0.4, 0.5) is 0 Å². The van der Waals surface area contributed by atoms with Gasteiger partial charge in [0.25, 0.3) is 0 Å². The number of ether oxygens (including phenoxy) is 6. The predicted octanol–water partition coefficient (Wildman–Crippen LogP) is 12.5. The molecular formula is C48H90O10. The van der Waals surface area contributed by atoms with Crippen LogP contribution in [0.2, 0.25) is 0 Å². The van der Waals surface area contributed by atoms with Gasteiger partial charge in [0.05, 0.1) is 32.7 Å². The molecular weight excluding hydrogens is 737 g/mol. The van der Waals surface area contributed by atoms with E-state index in [0.717, 1.165) is 38.5 Å². The summed E-state index contributed by atoms with van der Waals surface area (Å²) in [6, 6.07) is 0. The number of hydrogen-bond donors (Lipinski definition) is 0. The molecule has 0 aromatic heterocycles. The van der Waals surface area contributed by atoms with Crippen LogP contribution in [0.3, 0.4) is 0 Å². The molecule has 10 heteroatoms. The minimum atomic E-state index is -0.908. The number of unbranched alkanes of at least 4 members (excludes halogenated alkanes) is 28. The zero-order chi connectivity index (χ0) is 42.4. The Morgan fingerprint density at radius 3 is 1.03 bits per heavy atom. The third-order valence-corrected chi connectivity index (χ3v) is 10.6. The maximum absolute atomic E-state index is 12.7. The van der Waals surface area contributed by atoms with Crippen LogP contribution in [-0.2, 0) is 47.6 Å². The summed E-state index contributed by atoms with van der Waals surface area (Å²) in [5.41, 5.74) is 0. The average Bonchev–Trinajstić information content (AvgIpc) is 3.22.